The minimum Gasteiger partial charge on any atom is -0.381 e. The third-order valence-electron chi connectivity index (χ3n) is 3.01. The van der Waals surface area contributed by atoms with Crippen molar-refractivity contribution in [3.8, 4) is 0 Å². The summed E-state index contributed by atoms with van der Waals surface area (Å²) in [6.07, 6.45) is 0. The molecule has 3 nitrogen and oxygen atoms in total. The molecule has 0 aliphatic heterocycles. The van der Waals surface area contributed by atoms with Gasteiger partial charge in [0.1, 0.15) is 0 Å². The zero-order valence-corrected chi connectivity index (χ0v) is 11.8. The van der Waals surface area contributed by atoms with E-state index in [1.807, 2.05) is 18.2 Å². The number of nitrogens with zero attached hydrogens (tertiary/aromatic N) is 1. The highest BCUT2D eigenvalue weighted by Gasteiger charge is 2.12. The number of anilines is 1. The molecule has 0 aliphatic carbocycles. The first-order valence-electron chi connectivity index (χ1n) is 6.61. The molecule has 0 aromatic heterocycles. The quantitative estimate of drug-likeness (QED) is 0.840. The van der Waals surface area contributed by atoms with Crippen molar-refractivity contribution in [3.63, 3.8) is 0 Å². The molecule has 0 radical (unpaired) electrons. The van der Waals surface area contributed by atoms with Crippen molar-refractivity contribution in [2.45, 2.75) is 39.8 Å². The van der Waals surface area contributed by atoms with E-state index in [1.54, 1.807) is 12.1 Å². The van der Waals surface area contributed by atoms with Crippen molar-refractivity contribution in [2.24, 2.45) is 0 Å². The molecule has 0 heterocycles. The first-order chi connectivity index (χ1) is 8.52. The van der Waals surface area contributed by atoms with E-state index in [1.165, 1.54) is 0 Å². The Kier molecular flexibility index (Phi) is 5.86. The van der Waals surface area contributed by atoms with Crippen LogP contribution < -0.4 is 10.7 Å². The lowest BCUT2D eigenvalue weighted by atomic mass is 10.2. The molecule has 0 spiro atoms. The summed E-state index contributed by atoms with van der Waals surface area (Å²) in [7, 11) is 0. The maximum atomic E-state index is 11.7. The highest BCUT2D eigenvalue weighted by molar-refractivity contribution is 5.41. The van der Waals surface area contributed by atoms with Crippen molar-refractivity contribution < 1.29 is 0 Å². The van der Waals surface area contributed by atoms with Gasteiger partial charge in [0.05, 0.1) is 5.69 Å². The van der Waals surface area contributed by atoms with Gasteiger partial charge < -0.3 is 5.32 Å². The first kappa shape index (κ1) is 14.7. The maximum absolute atomic E-state index is 11.7. The third kappa shape index (κ3) is 4.49. The van der Waals surface area contributed by atoms with Gasteiger partial charge in [-0.15, -0.1) is 0 Å². The Balaban J connectivity index is 2.56. The van der Waals surface area contributed by atoms with E-state index in [0.717, 1.165) is 13.1 Å². The molecule has 1 N–H and O–H groups in total. The summed E-state index contributed by atoms with van der Waals surface area (Å²) >= 11 is 0. The average Bonchev–Trinajstić information content (AvgIpc) is 2.49. The van der Waals surface area contributed by atoms with Gasteiger partial charge in [0.25, 0.3) is 0 Å². The van der Waals surface area contributed by atoms with Crippen molar-refractivity contribution in [2.75, 3.05) is 18.4 Å². The summed E-state index contributed by atoms with van der Waals surface area (Å²) in [5.74, 6) is 0. The van der Waals surface area contributed by atoms with E-state index in [-0.39, 0.29) is 5.43 Å². The van der Waals surface area contributed by atoms with Crippen LogP contribution in [0.5, 0.6) is 0 Å². The molecule has 0 saturated heterocycles. The van der Waals surface area contributed by atoms with Crippen LogP contribution in [0, 0.1) is 0 Å². The van der Waals surface area contributed by atoms with Gasteiger partial charge in [-0.05, 0) is 39.8 Å². The molecular formula is C15H24N2O. The van der Waals surface area contributed by atoms with Crippen LogP contribution in [0.15, 0.2) is 35.1 Å². The predicted molar refractivity (Wildman–Crippen MR) is 78.2 cm³/mol. The standard InChI is InChI=1S/C15H24N2O/c1-12(2)17(13(3)4)11-10-16-14-8-6-5-7-9-15(14)18/h5-9,12-13H,10-11H2,1-4H3,(H,16,18). The second-order valence-electron chi connectivity index (χ2n) is 5.04. The molecule has 18 heavy (non-hydrogen) atoms. The van der Waals surface area contributed by atoms with Gasteiger partial charge in [-0.1, -0.05) is 18.2 Å². The Labute approximate surface area is 110 Å². The van der Waals surface area contributed by atoms with Crippen LogP contribution in [0.2, 0.25) is 0 Å². The molecule has 0 unspecified atom stereocenters. The molecule has 0 aliphatic rings. The Bertz CT molecular complexity index is 407. The van der Waals surface area contributed by atoms with Crippen molar-refractivity contribution in [3.05, 3.63) is 40.6 Å². The number of nitrogens with one attached hydrogen (secondary N) is 1. The van der Waals surface area contributed by atoms with Gasteiger partial charge in [-0.3, -0.25) is 9.69 Å². The molecule has 3 heteroatoms. The minimum atomic E-state index is 0.0423. The first-order valence-corrected chi connectivity index (χ1v) is 6.61. The number of hydrogen-bond acceptors (Lipinski definition) is 3. The average molecular weight is 248 g/mol. The predicted octanol–water partition coefficient (Wildman–Crippen LogP) is 2.58. The topological polar surface area (TPSA) is 32.3 Å². The Morgan fingerprint density at radius 1 is 1.06 bits per heavy atom. The van der Waals surface area contributed by atoms with E-state index < -0.39 is 0 Å². The lowest BCUT2D eigenvalue weighted by Crippen LogP contribution is -2.40. The number of hydrogen-bond donors (Lipinski definition) is 1. The SMILES string of the molecule is CC(C)N(CCNc1cccccc1=O)C(C)C. The Hall–Kier alpha value is -1.35. The lowest BCUT2D eigenvalue weighted by molar-refractivity contribution is 0.182. The van der Waals surface area contributed by atoms with Crippen LogP contribution in [0.3, 0.4) is 0 Å². The van der Waals surface area contributed by atoms with Gasteiger partial charge in [-0.2, -0.15) is 0 Å². The van der Waals surface area contributed by atoms with Crippen LogP contribution in [0.4, 0.5) is 5.69 Å². The normalized spacial score (nSPS) is 11.3. The molecule has 1 aromatic rings. The summed E-state index contributed by atoms with van der Waals surface area (Å²) in [6.45, 7) is 10.5. The molecule has 0 fully saturated rings. The van der Waals surface area contributed by atoms with Gasteiger partial charge >= 0.3 is 0 Å². The van der Waals surface area contributed by atoms with E-state index in [2.05, 4.69) is 37.9 Å². The van der Waals surface area contributed by atoms with Crippen LogP contribution in [0.1, 0.15) is 27.7 Å². The summed E-state index contributed by atoms with van der Waals surface area (Å²) in [5, 5.41) is 3.22. The molecule has 0 saturated carbocycles. The van der Waals surface area contributed by atoms with Crippen LogP contribution >= 0.6 is 0 Å². The summed E-state index contributed by atoms with van der Waals surface area (Å²) in [5.41, 5.74) is 0.716. The molecule has 0 atom stereocenters. The van der Waals surface area contributed by atoms with Crippen LogP contribution in [0.25, 0.3) is 0 Å². The molecule has 1 aromatic carbocycles. The van der Waals surface area contributed by atoms with E-state index in [0.29, 0.717) is 17.8 Å². The molecule has 100 valence electrons. The monoisotopic (exact) mass is 248 g/mol. The fourth-order valence-corrected chi connectivity index (χ4v) is 2.11. The van der Waals surface area contributed by atoms with Gasteiger partial charge in [0.15, 0.2) is 0 Å². The molecular weight excluding hydrogens is 224 g/mol. The fraction of sp³-hybridized carbons (Fsp3) is 0.533. The second-order valence-corrected chi connectivity index (χ2v) is 5.04. The zero-order chi connectivity index (χ0) is 13.5. The Morgan fingerprint density at radius 3 is 2.28 bits per heavy atom. The van der Waals surface area contributed by atoms with Gasteiger partial charge in [0, 0.05) is 25.2 Å². The maximum Gasteiger partial charge on any atom is 0.201 e. The van der Waals surface area contributed by atoms with Crippen molar-refractivity contribution in [1.82, 2.24) is 4.90 Å². The van der Waals surface area contributed by atoms with Crippen molar-refractivity contribution in [1.29, 1.82) is 0 Å². The van der Waals surface area contributed by atoms with Gasteiger partial charge in [0.2, 0.25) is 5.43 Å². The largest absolute Gasteiger partial charge is 0.381 e. The van der Waals surface area contributed by atoms with Gasteiger partial charge in [-0.25, -0.2) is 0 Å². The van der Waals surface area contributed by atoms with Crippen LogP contribution in [-0.2, 0) is 0 Å². The highest BCUT2D eigenvalue weighted by Crippen LogP contribution is 2.04. The summed E-state index contributed by atoms with van der Waals surface area (Å²) in [4.78, 5) is 14.1. The van der Waals surface area contributed by atoms with E-state index in [9.17, 15) is 4.79 Å². The highest BCUT2D eigenvalue weighted by atomic mass is 16.1. The lowest BCUT2D eigenvalue weighted by Gasteiger charge is -2.30. The summed E-state index contributed by atoms with van der Waals surface area (Å²) < 4.78 is 0. The van der Waals surface area contributed by atoms with E-state index in [4.69, 9.17) is 0 Å². The smallest absolute Gasteiger partial charge is 0.201 e. The third-order valence-corrected chi connectivity index (χ3v) is 3.01. The minimum absolute atomic E-state index is 0.0423. The molecule has 0 bridgehead atoms. The van der Waals surface area contributed by atoms with Crippen LogP contribution in [-0.4, -0.2) is 30.1 Å². The zero-order valence-electron chi connectivity index (χ0n) is 11.8. The molecule has 1 rings (SSSR count). The summed E-state index contributed by atoms with van der Waals surface area (Å²) in [6, 6.07) is 9.97. The Morgan fingerprint density at radius 2 is 1.67 bits per heavy atom. The number of rotatable bonds is 6. The molecule has 0 amide bonds. The van der Waals surface area contributed by atoms with Crippen molar-refractivity contribution >= 4 is 5.69 Å². The van der Waals surface area contributed by atoms with E-state index >= 15 is 0 Å². The second kappa shape index (κ2) is 7.17. The fourth-order valence-electron chi connectivity index (χ4n) is 2.11.